The Hall–Kier alpha value is -1.73. The SMILES string of the molecule is C=CCc1cc(C)ccc1Sc1ccc(C)cc1CC=C. The van der Waals surface area contributed by atoms with Crippen LogP contribution in [0.1, 0.15) is 22.3 Å². The van der Waals surface area contributed by atoms with E-state index >= 15 is 0 Å². The Morgan fingerprint density at radius 3 is 1.62 bits per heavy atom. The van der Waals surface area contributed by atoms with E-state index in [1.54, 1.807) is 0 Å². The quantitative estimate of drug-likeness (QED) is 0.597. The molecule has 1 heteroatoms. The molecule has 0 bridgehead atoms. The van der Waals surface area contributed by atoms with Crippen molar-refractivity contribution < 1.29 is 0 Å². The Kier molecular flexibility index (Phi) is 5.46. The zero-order valence-corrected chi connectivity index (χ0v) is 13.7. The summed E-state index contributed by atoms with van der Waals surface area (Å²) < 4.78 is 0. The molecule has 0 saturated carbocycles. The molecule has 0 atom stereocenters. The number of benzene rings is 2. The summed E-state index contributed by atoms with van der Waals surface area (Å²) in [5.74, 6) is 0. The van der Waals surface area contributed by atoms with Crippen LogP contribution in [0, 0.1) is 13.8 Å². The highest BCUT2D eigenvalue weighted by molar-refractivity contribution is 7.99. The average Bonchev–Trinajstić information content (AvgIpc) is 2.45. The van der Waals surface area contributed by atoms with Crippen molar-refractivity contribution in [1.82, 2.24) is 0 Å². The van der Waals surface area contributed by atoms with Gasteiger partial charge in [0.05, 0.1) is 0 Å². The Morgan fingerprint density at radius 1 is 0.810 bits per heavy atom. The van der Waals surface area contributed by atoms with E-state index in [1.165, 1.54) is 32.0 Å². The van der Waals surface area contributed by atoms with Gasteiger partial charge in [0.2, 0.25) is 0 Å². The van der Waals surface area contributed by atoms with Crippen LogP contribution < -0.4 is 0 Å². The lowest BCUT2D eigenvalue weighted by atomic mass is 10.1. The van der Waals surface area contributed by atoms with Crippen molar-refractivity contribution in [2.45, 2.75) is 36.5 Å². The molecule has 0 heterocycles. The van der Waals surface area contributed by atoms with E-state index in [0.29, 0.717) is 0 Å². The molecule has 0 aliphatic carbocycles. The first kappa shape index (κ1) is 15.7. The second-order valence-electron chi connectivity index (χ2n) is 5.31. The normalized spacial score (nSPS) is 10.4. The lowest BCUT2D eigenvalue weighted by Crippen LogP contribution is -1.91. The van der Waals surface area contributed by atoms with Crippen LogP contribution in [0.5, 0.6) is 0 Å². The summed E-state index contributed by atoms with van der Waals surface area (Å²) in [6, 6.07) is 13.3. The van der Waals surface area contributed by atoms with Crippen LogP contribution >= 0.6 is 11.8 Å². The number of aryl methyl sites for hydroxylation is 2. The summed E-state index contributed by atoms with van der Waals surface area (Å²) in [5.41, 5.74) is 5.29. The van der Waals surface area contributed by atoms with Crippen molar-refractivity contribution in [2.75, 3.05) is 0 Å². The highest BCUT2D eigenvalue weighted by Crippen LogP contribution is 2.34. The molecule has 21 heavy (non-hydrogen) atoms. The Morgan fingerprint density at radius 2 is 1.24 bits per heavy atom. The monoisotopic (exact) mass is 294 g/mol. The van der Waals surface area contributed by atoms with Gasteiger partial charge < -0.3 is 0 Å². The minimum absolute atomic E-state index is 0.909. The van der Waals surface area contributed by atoms with Crippen molar-refractivity contribution in [3.8, 4) is 0 Å². The standard InChI is InChI=1S/C20H22S/c1-5-7-17-13-15(3)9-11-19(17)21-20-12-10-16(4)14-18(20)8-6-2/h5-6,9-14H,1-2,7-8H2,3-4H3. The molecule has 0 amide bonds. The minimum Gasteiger partial charge on any atom is -0.103 e. The highest BCUT2D eigenvalue weighted by atomic mass is 32.2. The molecule has 0 aromatic heterocycles. The van der Waals surface area contributed by atoms with Crippen molar-refractivity contribution in [3.63, 3.8) is 0 Å². The number of hydrogen-bond donors (Lipinski definition) is 0. The Bertz CT molecular complexity index is 595. The second kappa shape index (κ2) is 7.33. The molecule has 0 spiro atoms. The molecule has 108 valence electrons. The fraction of sp³-hybridized carbons (Fsp3) is 0.200. The van der Waals surface area contributed by atoms with E-state index in [1.807, 2.05) is 23.9 Å². The van der Waals surface area contributed by atoms with Gasteiger partial charge in [0, 0.05) is 9.79 Å². The molecule has 0 fully saturated rings. The summed E-state index contributed by atoms with van der Waals surface area (Å²) >= 11 is 1.84. The maximum atomic E-state index is 3.87. The Balaban J connectivity index is 2.37. The predicted octanol–water partition coefficient (Wildman–Crippen LogP) is 5.91. The fourth-order valence-electron chi connectivity index (χ4n) is 2.36. The van der Waals surface area contributed by atoms with Crippen LogP contribution in [0.3, 0.4) is 0 Å². The summed E-state index contributed by atoms with van der Waals surface area (Å²) in [6.45, 7) is 12.0. The summed E-state index contributed by atoms with van der Waals surface area (Å²) in [5, 5.41) is 0. The molecule has 0 aliphatic heterocycles. The summed E-state index contributed by atoms with van der Waals surface area (Å²) in [4.78, 5) is 2.63. The first-order valence-corrected chi connectivity index (χ1v) is 8.04. The van der Waals surface area contributed by atoms with Gasteiger partial charge in [-0.2, -0.15) is 0 Å². The summed E-state index contributed by atoms with van der Waals surface area (Å²) in [6.07, 6.45) is 5.76. The molecule has 0 unspecified atom stereocenters. The van der Waals surface area contributed by atoms with Gasteiger partial charge in [-0.1, -0.05) is 59.3 Å². The molecule has 0 radical (unpaired) electrons. The van der Waals surface area contributed by atoms with Crippen LogP contribution in [0.4, 0.5) is 0 Å². The van der Waals surface area contributed by atoms with Crippen molar-refractivity contribution in [1.29, 1.82) is 0 Å². The van der Waals surface area contributed by atoms with Crippen molar-refractivity contribution in [2.24, 2.45) is 0 Å². The average molecular weight is 294 g/mol. The van der Waals surface area contributed by atoms with E-state index < -0.39 is 0 Å². The van der Waals surface area contributed by atoms with Gasteiger partial charge in [0.25, 0.3) is 0 Å². The molecule has 0 saturated heterocycles. The Labute approximate surface area is 132 Å². The minimum atomic E-state index is 0.909. The molecule has 0 N–H and O–H groups in total. The van der Waals surface area contributed by atoms with E-state index in [0.717, 1.165) is 12.8 Å². The lowest BCUT2D eigenvalue weighted by molar-refractivity contribution is 1.14. The molecule has 0 aliphatic rings. The van der Waals surface area contributed by atoms with E-state index in [2.05, 4.69) is 63.4 Å². The zero-order chi connectivity index (χ0) is 15.2. The van der Waals surface area contributed by atoms with Gasteiger partial charge in [-0.15, -0.1) is 13.2 Å². The van der Waals surface area contributed by atoms with Gasteiger partial charge >= 0.3 is 0 Å². The molecule has 0 nitrogen and oxygen atoms in total. The zero-order valence-electron chi connectivity index (χ0n) is 12.9. The van der Waals surface area contributed by atoms with E-state index in [-0.39, 0.29) is 0 Å². The topological polar surface area (TPSA) is 0 Å². The third-order valence-corrected chi connectivity index (χ3v) is 4.62. The largest absolute Gasteiger partial charge is 0.103 e. The first-order valence-electron chi connectivity index (χ1n) is 7.22. The summed E-state index contributed by atoms with van der Waals surface area (Å²) in [7, 11) is 0. The van der Waals surface area contributed by atoms with Gasteiger partial charge in [-0.05, 0) is 49.9 Å². The van der Waals surface area contributed by atoms with Gasteiger partial charge in [0.15, 0.2) is 0 Å². The highest BCUT2D eigenvalue weighted by Gasteiger charge is 2.08. The lowest BCUT2D eigenvalue weighted by Gasteiger charge is -2.12. The number of rotatable bonds is 6. The molecule has 2 aromatic rings. The molecular weight excluding hydrogens is 272 g/mol. The first-order chi connectivity index (χ1) is 10.1. The number of allylic oxidation sites excluding steroid dienone is 2. The van der Waals surface area contributed by atoms with Crippen LogP contribution in [-0.4, -0.2) is 0 Å². The third-order valence-electron chi connectivity index (χ3n) is 3.38. The number of hydrogen-bond acceptors (Lipinski definition) is 1. The third kappa shape index (κ3) is 4.12. The van der Waals surface area contributed by atoms with Crippen molar-refractivity contribution in [3.05, 3.63) is 84.0 Å². The van der Waals surface area contributed by atoms with Crippen LogP contribution in [-0.2, 0) is 12.8 Å². The van der Waals surface area contributed by atoms with E-state index in [4.69, 9.17) is 0 Å². The van der Waals surface area contributed by atoms with Gasteiger partial charge in [0.1, 0.15) is 0 Å². The second-order valence-corrected chi connectivity index (χ2v) is 6.39. The van der Waals surface area contributed by atoms with Crippen LogP contribution in [0.25, 0.3) is 0 Å². The smallest absolute Gasteiger partial charge is 0.0157 e. The van der Waals surface area contributed by atoms with Crippen molar-refractivity contribution >= 4 is 11.8 Å². The van der Waals surface area contributed by atoms with Crippen LogP contribution in [0.2, 0.25) is 0 Å². The van der Waals surface area contributed by atoms with Gasteiger partial charge in [-0.3, -0.25) is 0 Å². The van der Waals surface area contributed by atoms with Crippen LogP contribution in [0.15, 0.2) is 71.5 Å². The van der Waals surface area contributed by atoms with E-state index in [9.17, 15) is 0 Å². The fourth-order valence-corrected chi connectivity index (χ4v) is 3.42. The molecular formula is C20H22S. The molecule has 2 rings (SSSR count). The molecule has 2 aromatic carbocycles. The maximum Gasteiger partial charge on any atom is 0.0157 e. The van der Waals surface area contributed by atoms with Gasteiger partial charge in [-0.25, -0.2) is 0 Å². The maximum absolute atomic E-state index is 3.87. The predicted molar refractivity (Wildman–Crippen MR) is 94.3 cm³/mol.